The van der Waals surface area contributed by atoms with Gasteiger partial charge in [-0.25, -0.2) is 0 Å². The monoisotopic (exact) mass is 418 g/mol. The van der Waals surface area contributed by atoms with Gasteiger partial charge in [0, 0.05) is 17.8 Å². The van der Waals surface area contributed by atoms with Gasteiger partial charge < -0.3 is 9.84 Å². The van der Waals surface area contributed by atoms with Crippen LogP contribution in [-0.2, 0) is 11.3 Å². The second-order valence-electron chi connectivity index (χ2n) is 8.69. The van der Waals surface area contributed by atoms with Crippen molar-refractivity contribution < 1.29 is 9.32 Å². The van der Waals surface area contributed by atoms with E-state index in [1.807, 2.05) is 49.4 Å². The fraction of sp³-hybridized carbons (Fsp3) is 0.400. The highest BCUT2D eigenvalue weighted by molar-refractivity contribution is 5.93. The maximum Gasteiger partial charge on any atom is 0.241 e. The van der Waals surface area contributed by atoms with Gasteiger partial charge in [0.2, 0.25) is 17.6 Å². The van der Waals surface area contributed by atoms with Gasteiger partial charge in [0.25, 0.3) is 0 Å². The first-order chi connectivity index (χ1) is 15.0. The number of benzene rings is 2. The molecule has 6 heteroatoms. The second kappa shape index (κ2) is 9.43. The average molecular weight is 419 g/mol. The lowest BCUT2D eigenvalue weighted by atomic mass is 9.96. The molecule has 0 radical (unpaired) electrons. The summed E-state index contributed by atoms with van der Waals surface area (Å²) >= 11 is 0. The van der Waals surface area contributed by atoms with Crippen molar-refractivity contribution in [2.24, 2.45) is 5.92 Å². The lowest BCUT2D eigenvalue weighted by Crippen LogP contribution is -2.40. The van der Waals surface area contributed by atoms with E-state index in [1.165, 1.54) is 0 Å². The molecular weight excluding hydrogens is 388 g/mol. The zero-order chi connectivity index (χ0) is 21.8. The number of aryl methyl sites for hydroxylation is 1. The van der Waals surface area contributed by atoms with Crippen molar-refractivity contribution in [2.45, 2.75) is 46.1 Å². The highest BCUT2D eigenvalue weighted by atomic mass is 16.5. The summed E-state index contributed by atoms with van der Waals surface area (Å²) in [4.78, 5) is 19.8. The van der Waals surface area contributed by atoms with Crippen LogP contribution in [0.3, 0.4) is 0 Å². The van der Waals surface area contributed by atoms with Gasteiger partial charge in [-0.2, -0.15) is 4.98 Å². The lowest BCUT2D eigenvalue weighted by Gasteiger charge is -2.31. The summed E-state index contributed by atoms with van der Waals surface area (Å²) in [5.41, 5.74) is 4.19. The van der Waals surface area contributed by atoms with Crippen LogP contribution in [-0.4, -0.2) is 34.0 Å². The quantitative estimate of drug-likeness (QED) is 0.609. The predicted molar refractivity (Wildman–Crippen MR) is 122 cm³/mol. The van der Waals surface area contributed by atoms with Crippen molar-refractivity contribution in [3.05, 3.63) is 65.5 Å². The Hall–Kier alpha value is -2.99. The van der Waals surface area contributed by atoms with Crippen LogP contribution >= 0.6 is 0 Å². The molecule has 0 aliphatic carbocycles. The Morgan fingerprint density at radius 1 is 1.23 bits per heavy atom. The molecule has 0 spiro atoms. The van der Waals surface area contributed by atoms with Gasteiger partial charge in [-0.05, 0) is 49.9 Å². The molecule has 2 heterocycles. The van der Waals surface area contributed by atoms with Gasteiger partial charge in [0.15, 0.2) is 0 Å². The van der Waals surface area contributed by atoms with E-state index in [0.29, 0.717) is 30.7 Å². The molecule has 1 unspecified atom stereocenters. The molecule has 2 aromatic carbocycles. The Morgan fingerprint density at radius 2 is 2.06 bits per heavy atom. The molecular formula is C25H30N4O2. The van der Waals surface area contributed by atoms with Gasteiger partial charge in [0.05, 0.1) is 12.5 Å². The van der Waals surface area contributed by atoms with Crippen LogP contribution in [0.2, 0.25) is 0 Å². The summed E-state index contributed by atoms with van der Waals surface area (Å²) in [5.74, 6) is 1.59. The number of carbonyl (C=O) groups excluding carboxylic acids is 1. The Morgan fingerprint density at radius 3 is 2.87 bits per heavy atom. The molecule has 4 rings (SSSR count). The van der Waals surface area contributed by atoms with E-state index in [2.05, 4.69) is 40.3 Å². The molecule has 1 N–H and O–H groups in total. The maximum atomic E-state index is 13.0. The molecule has 1 amide bonds. The van der Waals surface area contributed by atoms with Crippen molar-refractivity contribution in [3.8, 4) is 11.4 Å². The number of nitrogens with one attached hydrogen (secondary N) is 1. The first kappa shape index (κ1) is 21.2. The highest BCUT2D eigenvalue weighted by Gasteiger charge is 2.27. The number of likely N-dealkylation sites (tertiary alicyclic amines) is 1. The minimum absolute atomic E-state index is 0.0480. The number of rotatable bonds is 6. The van der Waals surface area contributed by atoms with Gasteiger partial charge in [-0.3, -0.25) is 9.69 Å². The number of aromatic nitrogens is 2. The Labute approximate surface area is 183 Å². The number of para-hydroxylation sites is 1. The van der Waals surface area contributed by atoms with E-state index in [4.69, 9.17) is 4.52 Å². The fourth-order valence-electron chi connectivity index (χ4n) is 4.17. The number of piperidine rings is 1. The number of hydrogen-bond acceptors (Lipinski definition) is 5. The van der Waals surface area contributed by atoms with E-state index in [-0.39, 0.29) is 11.8 Å². The van der Waals surface area contributed by atoms with Gasteiger partial charge >= 0.3 is 0 Å². The smallest absolute Gasteiger partial charge is 0.241 e. The Kier molecular flexibility index (Phi) is 6.47. The van der Waals surface area contributed by atoms with Crippen LogP contribution in [0.4, 0.5) is 5.69 Å². The van der Waals surface area contributed by atoms with Crippen LogP contribution in [0.25, 0.3) is 11.4 Å². The fourth-order valence-corrected chi connectivity index (χ4v) is 4.17. The van der Waals surface area contributed by atoms with Crippen LogP contribution in [0.5, 0.6) is 0 Å². The van der Waals surface area contributed by atoms with Gasteiger partial charge in [0.1, 0.15) is 0 Å². The first-order valence-electron chi connectivity index (χ1n) is 11.0. The van der Waals surface area contributed by atoms with Gasteiger partial charge in [-0.15, -0.1) is 0 Å². The molecule has 31 heavy (non-hydrogen) atoms. The van der Waals surface area contributed by atoms with Crippen molar-refractivity contribution in [1.29, 1.82) is 0 Å². The summed E-state index contributed by atoms with van der Waals surface area (Å²) < 4.78 is 5.49. The van der Waals surface area contributed by atoms with Gasteiger partial charge in [-0.1, -0.05) is 61.0 Å². The van der Waals surface area contributed by atoms with E-state index in [0.717, 1.165) is 41.8 Å². The minimum Gasteiger partial charge on any atom is -0.338 e. The molecule has 1 aromatic heterocycles. The molecule has 6 nitrogen and oxygen atoms in total. The van der Waals surface area contributed by atoms with E-state index >= 15 is 0 Å². The van der Waals surface area contributed by atoms with Crippen LogP contribution in [0.1, 0.15) is 49.6 Å². The third-order valence-electron chi connectivity index (χ3n) is 5.82. The molecule has 1 fully saturated rings. The van der Waals surface area contributed by atoms with E-state index in [1.54, 1.807) is 0 Å². The molecule has 0 saturated carbocycles. The molecule has 162 valence electrons. The standard InChI is InChI=1S/C25H30N4O2/c1-17(2)21-11-4-5-12-22(21)26-25(30)20-10-7-13-29(15-20)16-23-27-24(28-31-23)19-9-6-8-18(3)14-19/h4-6,8-9,11-12,14,17,20H,7,10,13,15-16H2,1-3H3,(H,26,30). The average Bonchev–Trinajstić information content (AvgIpc) is 3.22. The third kappa shape index (κ3) is 5.20. The summed E-state index contributed by atoms with van der Waals surface area (Å²) in [6.45, 7) is 8.51. The molecule has 1 aliphatic rings. The summed E-state index contributed by atoms with van der Waals surface area (Å²) in [6.07, 6.45) is 1.87. The van der Waals surface area contributed by atoms with Crippen molar-refractivity contribution in [2.75, 3.05) is 18.4 Å². The zero-order valence-corrected chi connectivity index (χ0v) is 18.5. The normalized spacial score (nSPS) is 17.1. The highest BCUT2D eigenvalue weighted by Crippen LogP contribution is 2.26. The van der Waals surface area contributed by atoms with Crippen LogP contribution < -0.4 is 5.32 Å². The van der Waals surface area contributed by atoms with Crippen LogP contribution in [0, 0.1) is 12.8 Å². The number of carbonyl (C=O) groups is 1. The number of anilines is 1. The van der Waals surface area contributed by atoms with Crippen molar-refractivity contribution >= 4 is 11.6 Å². The molecule has 3 aromatic rings. The largest absolute Gasteiger partial charge is 0.338 e. The number of hydrogen-bond donors (Lipinski definition) is 1. The minimum atomic E-state index is -0.0480. The molecule has 0 bridgehead atoms. The molecule has 1 aliphatic heterocycles. The van der Waals surface area contributed by atoms with Crippen LogP contribution in [0.15, 0.2) is 53.1 Å². The first-order valence-corrected chi connectivity index (χ1v) is 11.0. The Bertz CT molecular complexity index is 1040. The Balaban J connectivity index is 1.38. The topological polar surface area (TPSA) is 71.3 Å². The third-order valence-corrected chi connectivity index (χ3v) is 5.82. The molecule has 1 saturated heterocycles. The van der Waals surface area contributed by atoms with Crippen molar-refractivity contribution in [3.63, 3.8) is 0 Å². The van der Waals surface area contributed by atoms with E-state index < -0.39 is 0 Å². The summed E-state index contributed by atoms with van der Waals surface area (Å²) in [7, 11) is 0. The number of nitrogens with zero attached hydrogens (tertiary/aromatic N) is 3. The summed E-state index contributed by atoms with van der Waals surface area (Å²) in [6, 6.07) is 16.1. The maximum absolute atomic E-state index is 13.0. The SMILES string of the molecule is Cc1cccc(-c2noc(CN3CCCC(C(=O)Nc4ccccc4C(C)C)C3)n2)c1. The predicted octanol–water partition coefficient (Wildman–Crippen LogP) is 5.02. The number of amides is 1. The second-order valence-corrected chi connectivity index (χ2v) is 8.69. The van der Waals surface area contributed by atoms with E-state index in [9.17, 15) is 4.79 Å². The zero-order valence-electron chi connectivity index (χ0n) is 18.5. The summed E-state index contributed by atoms with van der Waals surface area (Å²) in [5, 5.41) is 7.30. The van der Waals surface area contributed by atoms with Crippen molar-refractivity contribution in [1.82, 2.24) is 15.0 Å². The lowest BCUT2D eigenvalue weighted by molar-refractivity contribution is -0.121. The molecule has 1 atom stereocenters.